The second kappa shape index (κ2) is 6.67. The molecule has 25 heavy (non-hydrogen) atoms. The Kier molecular flexibility index (Phi) is 4.52. The van der Waals surface area contributed by atoms with Crippen LogP contribution in [0.1, 0.15) is 31.4 Å². The van der Waals surface area contributed by atoms with Crippen LogP contribution in [-0.4, -0.2) is 26.3 Å². The van der Waals surface area contributed by atoms with Gasteiger partial charge in [-0.1, -0.05) is 54.0 Å². The van der Waals surface area contributed by atoms with Crippen molar-refractivity contribution in [2.24, 2.45) is 5.92 Å². The second-order valence-electron chi connectivity index (χ2n) is 5.98. The Morgan fingerprint density at radius 3 is 2.96 bits per heavy atom. The third-order valence-electron chi connectivity index (χ3n) is 4.44. The van der Waals surface area contributed by atoms with Crippen molar-refractivity contribution in [2.75, 3.05) is 11.1 Å². The minimum atomic E-state index is -0.306. The normalized spacial score (nSPS) is 22.0. The van der Waals surface area contributed by atoms with Crippen LogP contribution in [0, 0.1) is 5.92 Å². The first kappa shape index (κ1) is 16.9. The number of carbonyl (C=O) groups is 1. The number of Topliss-reactive ketones (excluding diaryl/α,β-unsaturated/α-hetero) is 1. The van der Waals surface area contributed by atoms with E-state index in [1.54, 1.807) is 17.8 Å². The van der Waals surface area contributed by atoms with Crippen molar-refractivity contribution in [1.29, 1.82) is 0 Å². The zero-order valence-electron chi connectivity index (χ0n) is 13.5. The van der Waals surface area contributed by atoms with Crippen molar-refractivity contribution in [3.05, 3.63) is 45.6 Å². The molecular weight excluding hydrogens is 379 g/mol. The number of hydrogen-bond acceptors (Lipinski definition) is 5. The number of fused-ring (bicyclic) bond motifs is 2. The Labute approximate surface area is 159 Å². The summed E-state index contributed by atoms with van der Waals surface area (Å²) in [6, 6.07) is 5.21. The van der Waals surface area contributed by atoms with Gasteiger partial charge < -0.3 is 5.32 Å². The lowest BCUT2D eigenvalue weighted by Crippen LogP contribution is -2.38. The molecule has 0 saturated heterocycles. The van der Waals surface area contributed by atoms with Gasteiger partial charge >= 0.3 is 0 Å². The molecule has 1 aliphatic carbocycles. The van der Waals surface area contributed by atoms with E-state index in [0.29, 0.717) is 27.6 Å². The van der Waals surface area contributed by atoms with Crippen molar-refractivity contribution in [1.82, 2.24) is 14.8 Å². The van der Waals surface area contributed by atoms with E-state index in [4.69, 9.17) is 23.2 Å². The van der Waals surface area contributed by atoms with Crippen LogP contribution in [0.3, 0.4) is 0 Å². The molecule has 8 heteroatoms. The van der Waals surface area contributed by atoms with Crippen LogP contribution in [0.5, 0.6) is 0 Å². The van der Waals surface area contributed by atoms with Crippen LogP contribution in [0.2, 0.25) is 10.0 Å². The number of halogens is 2. The number of allylic oxidation sites excluding steroid dienone is 2. The maximum absolute atomic E-state index is 12.7. The predicted molar refractivity (Wildman–Crippen MR) is 100 cm³/mol. The fraction of sp³-hybridized carbons (Fsp3) is 0.353. The highest BCUT2D eigenvalue weighted by molar-refractivity contribution is 7.99. The molecule has 2 atom stereocenters. The van der Waals surface area contributed by atoms with E-state index in [1.165, 1.54) is 0 Å². The quantitative estimate of drug-likeness (QED) is 0.772. The number of thioether (sulfide) groups is 1. The van der Waals surface area contributed by atoms with Crippen LogP contribution < -0.4 is 5.32 Å². The molecule has 1 N–H and O–H groups in total. The summed E-state index contributed by atoms with van der Waals surface area (Å²) in [7, 11) is 0. The smallest absolute Gasteiger partial charge is 0.227 e. The average Bonchev–Trinajstić information content (AvgIpc) is 2.98. The summed E-state index contributed by atoms with van der Waals surface area (Å²) in [6.07, 6.45) is 3.37. The number of aromatic nitrogens is 3. The summed E-state index contributed by atoms with van der Waals surface area (Å²) >= 11 is 13.9. The molecule has 0 saturated carbocycles. The molecule has 2 aliphatic rings. The Morgan fingerprint density at radius 2 is 2.20 bits per heavy atom. The van der Waals surface area contributed by atoms with Crippen LogP contribution in [0.15, 0.2) is 35.1 Å². The largest absolute Gasteiger partial charge is 0.328 e. The fourth-order valence-electron chi connectivity index (χ4n) is 3.37. The first-order chi connectivity index (χ1) is 12.1. The number of benzene rings is 1. The number of nitrogens with zero attached hydrogens (tertiary/aromatic N) is 3. The molecule has 0 fully saturated rings. The van der Waals surface area contributed by atoms with Crippen molar-refractivity contribution < 1.29 is 4.79 Å². The molecule has 130 valence electrons. The second-order valence-corrected chi connectivity index (χ2v) is 8.03. The van der Waals surface area contributed by atoms with E-state index in [1.807, 2.05) is 16.8 Å². The molecule has 5 nitrogen and oxygen atoms in total. The summed E-state index contributed by atoms with van der Waals surface area (Å²) in [5, 5.41) is 9.57. The monoisotopic (exact) mass is 394 g/mol. The van der Waals surface area contributed by atoms with Gasteiger partial charge in [0.2, 0.25) is 11.1 Å². The first-order valence-corrected chi connectivity index (χ1v) is 9.86. The van der Waals surface area contributed by atoms with Gasteiger partial charge in [-0.2, -0.15) is 4.98 Å². The fourth-order valence-corrected chi connectivity index (χ4v) is 4.24. The molecule has 0 amide bonds. The highest BCUT2D eigenvalue weighted by Crippen LogP contribution is 2.42. The highest BCUT2D eigenvalue weighted by Gasteiger charge is 2.41. The lowest BCUT2D eigenvalue weighted by atomic mass is 9.81. The number of nitrogens with one attached hydrogen (secondary N) is 1. The lowest BCUT2D eigenvalue weighted by molar-refractivity contribution is -0.123. The Balaban J connectivity index is 1.88. The Bertz CT molecular complexity index is 880. The van der Waals surface area contributed by atoms with Crippen LogP contribution in [-0.2, 0) is 4.79 Å². The van der Waals surface area contributed by atoms with Gasteiger partial charge in [-0.15, -0.1) is 5.10 Å². The summed E-state index contributed by atoms with van der Waals surface area (Å²) in [5.41, 5.74) is 1.81. The average molecular weight is 395 g/mol. The van der Waals surface area contributed by atoms with Crippen LogP contribution >= 0.6 is 35.0 Å². The molecule has 1 aromatic heterocycles. The summed E-state index contributed by atoms with van der Waals surface area (Å²) < 4.78 is 1.81. The lowest BCUT2D eigenvalue weighted by Gasteiger charge is -2.36. The number of hydrogen-bond donors (Lipinski definition) is 1. The number of ketones is 1. The van der Waals surface area contributed by atoms with E-state index >= 15 is 0 Å². The van der Waals surface area contributed by atoms with E-state index in [2.05, 4.69) is 28.4 Å². The molecule has 0 bridgehead atoms. The third-order valence-corrected chi connectivity index (χ3v) is 5.90. The molecular formula is C17H16Cl2N4OS. The minimum Gasteiger partial charge on any atom is -0.328 e. The standard InChI is InChI=1S/C17H16Cl2N4OS/c1-2-25-17-21-16-20-12-4-3-5-13(24)14(12)15(23(16)22-17)9-6-7-10(18)11(19)8-9/h4,6-8,14-15H,2-3,5H2,1H3,(H,20,21,22)/t14-,15-/m0/s1. The summed E-state index contributed by atoms with van der Waals surface area (Å²) in [5.74, 6) is 1.43. The maximum atomic E-state index is 12.7. The molecule has 4 rings (SSSR count). The van der Waals surface area contributed by atoms with Gasteiger partial charge in [-0.25, -0.2) is 4.68 Å². The van der Waals surface area contributed by atoms with Crippen LogP contribution in [0.4, 0.5) is 5.95 Å². The van der Waals surface area contributed by atoms with Crippen molar-refractivity contribution >= 4 is 46.7 Å². The van der Waals surface area contributed by atoms with E-state index in [9.17, 15) is 4.79 Å². The summed E-state index contributed by atoms with van der Waals surface area (Å²) in [6.45, 7) is 2.06. The van der Waals surface area contributed by atoms with Gasteiger partial charge in [0.25, 0.3) is 0 Å². The Morgan fingerprint density at radius 1 is 1.36 bits per heavy atom. The molecule has 0 unspecified atom stereocenters. The highest BCUT2D eigenvalue weighted by atomic mass is 35.5. The van der Waals surface area contributed by atoms with E-state index < -0.39 is 0 Å². The molecule has 0 radical (unpaired) electrons. The number of anilines is 1. The van der Waals surface area contributed by atoms with Gasteiger partial charge in [0, 0.05) is 12.1 Å². The number of rotatable bonds is 3. The molecule has 2 heterocycles. The molecule has 0 spiro atoms. The van der Waals surface area contributed by atoms with Gasteiger partial charge in [0.05, 0.1) is 22.0 Å². The topological polar surface area (TPSA) is 59.8 Å². The molecule has 1 aromatic carbocycles. The third kappa shape index (κ3) is 2.96. The van der Waals surface area contributed by atoms with Gasteiger partial charge in [0.1, 0.15) is 5.78 Å². The zero-order valence-corrected chi connectivity index (χ0v) is 15.8. The first-order valence-electron chi connectivity index (χ1n) is 8.12. The maximum Gasteiger partial charge on any atom is 0.227 e. The van der Waals surface area contributed by atoms with Crippen molar-refractivity contribution in [3.8, 4) is 0 Å². The van der Waals surface area contributed by atoms with Crippen molar-refractivity contribution in [2.45, 2.75) is 31.0 Å². The van der Waals surface area contributed by atoms with E-state index in [0.717, 1.165) is 23.4 Å². The zero-order chi connectivity index (χ0) is 17.6. The van der Waals surface area contributed by atoms with Crippen LogP contribution in [0.25, 0.3) is 0 Å². The molecule has 2 aromatic rings. The SMILES string of the molecule is CCSc1nc2n(n1)[C@@H](c1ccc(Cl)c(Cl)c1)[C@@H]1C(=O)CCC=C1N2. The Hall–Kier alpha value is -1.50. The summed E-state index contributed by atoms with van der Waals surface area (Å²) in [4.78, 5) is 17.3. The van der Waals surface area contributed by atoms with Gasteiger partial charge in [-0.3, -0.25) is 4.79 Å². The predicted octanol–water partition coefficient (Wildman–Crippen LogP) is 4.57. The van der Waals surface area contributed by atoms with Gasteiger partial charge in [-0.05, 0) is 29.9 Å². The molecule has 1 aliphatic heterocycles. The van der Waals surface area contributed by atoms with Crippen molar-refractivity contribution in [3.63, 3.8) is 0 Å². The minimum absolute atomic E-state index is 0.201. The number of carbonyl (C=O) groups excluding carboxylic acids is 1. The van der Waals surface area contributed by atoms with Gasteiger partial charge in [0.15, 0.2) is 0 Å². The van der Waals surface area contributed by atoms with E-state index in [-0.39, 0.29) is 17.7 Å².